The lowest BCUT2D eigenvalue weighted by atomic mass is 10.1. The molecule has 1 rings (SSSR count). The van der Waals surface area contributed by atoms with Crippen molar-refractivity contribution in [2.75, 3.05) is 0 Å². The van der Waals surface area contributed by atoms with E-state index < -0.39 is 0 Å². The summed E-state index contributed by atoms with van der Waals surface area (Å²) in [6, 6.07) is 8.55. The SMILES string of the molecule is C=CCCc1ccc(C(=C)I)cc1. The normalized spacial score (nSPS) is 9.62. The van der Waals surface area contributed by atoms with Crippen LogP contribution in [0, 0.1) is 0 Å². The lowest BCUT2D eigenvalue weighted by Crippen LogP contribution is -1.83. The smallest absolute Gasteiger partial charge is 0.0130 e. The number of halogens is 1. The molecule has 1 aromatic carbocycles. The van der Waals surface area contributed by atoms with Gasteiger partial charge < -0.3 is 0 Å². The van der Waals surface area contributed by atoms with Crippen LogP contribution >= 0.6 is 22.6 Å². The van der Waals surface area contributed by atoms with Crippen LogP contribution in [0.4, 0.5) is 0 Å². The van der Waals surface area contributed by atoms with Crippen LogP contribution in [0.1, 0.15) is 17.5 Å². The fourth-order valence-electron chi connectivity index (χ4n) is 1.12. The van der Waals surface area contributed by atoms with Gasteiger partial charge in [0.15, 0.2) is 0 Å². The Labute approximate surface area is 93.5 Å². The molecule has 0 aromatic heterocycles. The van der Waals surface area contributed by atoms with Crippen molar-refractivity contribution in [3.63, 3.8) is 0 Å². The van der Waals surface area contributed by atoms with Crippen LogP contribution in [-0.4, -0.2) is 0 Å². The van der Waals surface area contributed by atoms with Gasteiger partial charge in [0, 0.05) is 3.58 Å². The standard InChI is InChI=1S/C12H13I/c1-3-4-5-11-6-8-12(9-7-11)10(2)13/h3,6-9H,1-2,4-5H2. The van der Waals surface area contributed by atoms with E-state index in [9.17, 15) is 0 Å². The molecule has 1 aromatic rings. The number of hydrogen-bond acceptors (Lipinski definition) is 0. The number of benzene rings is 1. The molecule has 0 atom stereocenters. The van der Waals surface area contributed by atoms with Crippen molar-refractivity contribution < 1.29 is 0 Å². The summed E-state index contributed by atoms with van der Waals surface area (Å²) in [4.78, 5) is 0. The fraction of sp³-hybridized carbons (Fsp3) is 0.167. The van der Waals surface area contributed by atoms with Gasteiger partial charge in [0.1, 0.15) is 0 Å². The van der Waals surface area contributed by atoms with Crippen LogP contribution in [0.2, 0.25) is 0 Å². The first-order valence-corrected chi connectivity index (χ1v) is 5.36. The molecule has 0 saturated carbocycles. The van der Waals surface area contributed by atoms with Crippen molar-refractivity contribution >= 4 is 26.2 Å². The first kappa shape index (κ1) is 10.5. The third-order valence-electron chi connectivity index (χ3n) is 1.90. The maximum Gasteiger partial charge on any atom is 0.0130 e. The van der Waals surface area contributed by atoms with E-state index in [-0.39, 0.29) is 0 Å². The highest BCUT2D eigenvalue weighted by atomic mass is 127. The van der Waals surface area contributed by atoms with E-state index in [1.54, 1.807) is 0 Å². The monoisotopic (exact) mass is 284 g/mol. The van der Waals surface area contributed by atoms with Crippen LogP contribution in [0.15, 0.2) is 43.5 Å². The molecular formula is C12H13I. The summed E-state index contributed by atoms with van der Waals surface area (Å²) >= 11 is 2.24. The van der Waals surface area contributed by atoms with Gasteiger partial charge in [-0.15, -0.1) is 6.58 Å². The summed E-state index contributed by atoms with van der Waals surface area (Å²) in [6.07, 6.45) is 4.08. The zero-order valence-electron chi connectivity index (χ0n) is 7.59. The molecule has 13 heavy (non-hydrogen) atoms. The molecule has 0 amide bonds. The van der Waals surface area contributed by atoms with Crippen molar-refractivity contribution in [1.29, 1.82) is 0 Å². The maximum atomic E-state index is 3.89. The Morgan fingerprint density at radius 2 is 1.92 bits per heavy atom. The molecular weight excluding hydrogens is 271 g/mol. The Balaban J connectivity index is 2.69. The highest BCUT2D eigenvalue weighted by molar-refractivity contribution is 14.1. The molecule has 68 valence electrons. The van der Waals surface area contributed by atoms with Gasteiger partial charge >= 0.3 is 0 Å². The number of hydrogen-bond donors (Lipinski definition) is 0. The first-order chi connectivity index (χ1) is 6.24. The third-order valence-corrected chi connectivity index (χ3v) is 2.53. The minimum absolute atomic E-state index is 1.05. The molecule has 0 aliphatic carbocycles. The molecule has 0 fully saturated rings. The largest absolute Gasteiger partial charge is 0.103 e. The third kappa shape index (κ3) is 3.35. The topological polar surface area (TPSA) is 0 Å². The number of rotatable bonds is 4. The minimum Gasteiger partial charge on any atom is -0.103 e. The summed E-state index contributed by atoms with van der Waals surface area (Å²) in [6.45, 7) is 7.59. The van der Waals surface area contributed by atoms with Crippen LogP contribution in [0.3, 0.4) is 0 Å². The van der Waals surface area contributed by atoms with Gasteiger partial charge in [0.25, 0.3) is 0 Å². The van der Waals surface area contributed by atoms with E-state index in [0.29, 0.717) is 0 Å². The van der Waals surface area contributed by atoms with E-state index in [1.807, 2.05) is 6.08 Å². The highest BCUT2D eigenvalue weighted by Gasteiger charge is 1.94. The Morgan fingerprint density at radius 3 is 2.38 bits per heavy atom. The quantitative estimate of drug-likeness (QED) is 0.574. The molecule has 0 nitrogen and oxygen atoms in total. The molecule has 0 saturated heterocycles. The van der Waals surface area contributed by atoms with Gasteiger partial charge in [-0.05, 0) is 46.6 Å². The zero-order valence-corrected chi connectivity index (χ0v) is 9.75. The number of aryl methyl sites for hydroxylation is 1. The summed E-state index contributed by atoms with van der Waals surface area (Å²) < 4.78 is 1.09. The molecule has 0 aliphatic heterocycles. The second kappa shape index (κ2) is 5.22. The number of allylic oxidation sites excluding steroid dienone is 1. The summed E-state index contributed by atoms with van der Waals surface area (Å²) in [5, 5.41) is 0. The molecule has 0 radical (unpaired) electrons. The molecule has 1 heteroatoms. The molecule has 0 unspecified atom stereocenters. The highest BCUT2D eigenvalue weighted by Crippen LogP contribution is 2.19. The molecule has 0 aliphatic rings. The Bertz CT molecular complexity index is 295. The average Bonchev–Trinajstić information content (AvgIpc) is 2.15. The van der Waals surface area contributed by atoms with Gasteiger partial charge in [0.2, 0.25) is 0 Å². The Kier molecular flexibility index (Phi) is 4.22. The van der Waals surface area contributed by atoms with Gasteiger partial charge in [-0.3, -0.25) is 0 Å². The molecule has 0 spiro atoms. The van der Waals surface area contributed by atoms with Crippen molar-refractivity contribution in [3.05, 3.63) is 54.6 Å². The van der Waals surface area contributed by atoms with E-state index in [1.165, 1.54) is 11.1 Å². The van der Waals surface area contributed by atoms with E-state index in [0.717, 1.165) is 16.4 Å². The van der Waals surface area contributed by atoms with Crippen molar-refractivity contribution in [3.8, 4) is 0 Å². The predicted octanol–water partition coefficient (Wildman–Crippen LogP) is 4.21. The Morgan fingerprint density at radius 1 is 1.31 bits per heavy atom. The second-order valence-electron chi connectivity index (χ2n) is 2.93. The molecule has 0 N–H and O–H groups in total. The average molecular weight is 284 g/mol. The molecule has 0 bridgehead atoms. The maximum absolute atomic E-state index is 3.89. The van der Waals surface area contributed by atoms with Crippen molar-refractivity contribution in [2.24, 2.45) is 0 Å². The zero-order chi connectivity index (χ0) is 9.68. The summed E-state index contributed by atoms with van der Waals surface area (Å²) in [5.41, 5.74) is 2.57. The van der Waals surface area contributed by atoms with Crippen molar-refractivity contribution in [1.82, 2.24) is 0 Å². The van der Waals surface area contributed by atoms with Crippen molar-refractivity contribution in [2.45, 2.75) is 12.8 Å². The Hall–Kier alpha value is -0.570. The van der Waals surface area contributed by atoms with Gasteiger partial charge in [-0.25, -0.2) is 0 Å². The van der Waals surface area contributed by atoms with Crippen LogP contribution < -0.4 is 0 Å². The molecule has 0 heterocycles. The van der Waals surface area contributed by atoms with Crippen LogP contribution in [-0.2, 0) is 6.42 Å². The van der Waals surface area contributed by atoms with Crippen LogP contribution in [0.25, 0.3) is 3.58 Å². The predicted molar refractivity (Wildman–Crippen MR) is 68.0 cm³/mol. The van der Waals surface area contributed by atoms with E-state index >= 15 is 0 Å². The second-order valence-corrected chi connectivity index (χ2v) is 4.23. The van der Waals surface area contributed by atoms with Crippen LogP contribution in [0.5, 0.6) is 0 Å². The van der Waals surface area contributed by atoms with E-state index in [2.05, 4.69) is 60.0 Å². The fourth-order valence-corrected chi connectivity index (χ4v) is 1.48. The lowest BCUT2D eigenvalue weighted by Gasteiger charge is -2.01. The van der Waals surface area contributed by atoms with Gasteiger partial charge in [-0.1, -0.05) is 36.9 Å². The minimum atomic E-state index is 1.05. The van der Waals surface area contributed by atoms with E-state index in [4.69, 9.17) is 0 Å². The first-order valence-electron chi connectivity index (χ1n) is 4.28. The van der Waals surface area contributed by atoms with Gasteiger partial charge in [-0.2, -0.15) is 0 Å². The summed E-state index contributed by atoms with van der Waals surface area (Å²) in [7, 11) is 0. The summed E-state index contributed by atoms with van der Waals surface area (Å²) in [5.74, 6) is 0. The lowest BCUT2D eigenvalue weighted by molar-refractivity contribution is 1.00. The van der Waals surface area contributed by atoms with Gasteiger partial charge in [0.05, 0.1) is 0 Å².